The highest BCUT2D eigenvalue weighted by Crippen LogP contribution is 1.92. The number of nitrogens with zero attached hydrogens (tertiary/aromatic N) is 2. The van der Waals surface area contributed by atoms with Crippen LogP contribution in [-0.2, 0) is 0 Å². The van der Waals surface area contributed by atoms with Crippen molar-refractivity contribution in [1.29, 1.82) is 0 Å². The van der Waals surface area contributed by atoms with Crippen LogP contribution in [0, 0.1) is 5.92 Å². The van der Waals surface area contributed by atoms with Gasteiger partial charge in [0.05, 0.1) is 5.71 Å². The summed E-state index contributed by atoms with van der Waals surface area (Å²) in [4.78, 5) is 3.79. The molecule has 0 unspecified atom stereocenters. The summed E-state index contributed by atoms with van der Waals surface area (Å²) in [6.45, 7) is 4.04. The Bertz CT molecular complexity index is 124. The maximum Gasteiger partial charge on any atom is 0.0803 e. The van der Waals surface area contributed by atoms with E-state index in [1.807, 2.05) is 13.8 Å². The first-order valence-electron chi connectivity index (χ1n) is 2.92. The lowest BCUT2D eigenvalue weighted by molar-refractivity contribution is 0.887. The van der Waals surface area contributed by atoms with Crippen molar-refractivity contribution in [3.63, 3.8) is 0 Å². The Morgan fingerprint density at radius 2 is 2.11 bits per heavy atom. The predicted octanol–water partition coefficient (Wildman–Crippen LogP) is 0.658. The van der Waals surface area contributed by atoms with Crippen LogP contribution >= 0.6 is 0 Å². The molecule has 3 nitrogen and oxygen atoms in total. The van der Waals surface area contributed by atoms with E-state index in [9.17, 15) is 0 Å². The zero-order valence-corrected chi connectivity index (χ0v) is 6.13. The normalized spacial score (nSPS) is 13.6. The fourth-order valence-corrected chi connectivity index (χ4v) is 0.464. The Labute approximate surface area is 55.7 Å². The molecule has 0 aliphatic carbocycles. The van der Waals surface area contributed by atoms with E-state index in [1.165, 1.54) is 0 Å². The Morgan fingerprint density at radius 1 is 1.56 bits per heavy atom. The zero-order chi connectivity index (χ0) is 7.28. The topological polar surface area (TPSA) is 50.7 Å². The molecule has 0 saturated carbocycles. The largest absolute Gasteiger partial charge is 0.323 e. The van der Waals surface area contributed by atoms with Gasteiger partial charge in [0.15, 0.2) is 0 Å². The Morgan fingerprint density at radius 3 is 2.22 bits per heavy atom. The van der Waals surface area contributed by atoms with Crippen LogP contribution in [0.15, 0.2) is 10.1 Å². The average molecular weight is 127 g/mol. The van der Waals surface area contributed by atoms with Gasteiger partial charge in [0, 0.05) is 13.3 Å². The quantitative estimate of drug-likeness (QED) is 0.330. The number of hydrazone groups is 1. The third-order valence-electron chi connectivity index (χ3n) is 1.00. The summed E-state index contributed by atoms with van der Waals surface area (Å²) in [6.07, 6.45) is 1.67. The van der Waals surface area contributed by atoms with E-state index in [-0.39, 0.29) is 0 Å². The van der Waals surface area contributed by atoms with E-state index in [0.29, 0.717) is 5.92 Å². The molecule has 0 atom stereocenters. The molecular formula is C6H13N3. The Kier molecular flexibility index (Phi) is 3.67. The van der Waals surface area contributed by atoms with Crippen LogP contribution in [0.1, 0.15) is 13.8 Å². The molecule has 0 aromatic carbocycles. The Hall–Kier alpha value is -0.860. The molecule has 0 aliphatic heterocycles. The van der Waals surface area contributed by atoms with Crippen molar-refractivity contribution in [1.82, 2.24) is 0 Å². The van der Waals surface area contributed by atoms with Gasteiger partial charge in [-0.05, 0) is 5.92 Å². The molecule has 9 heavy (non-hydrogen) atoms. The summed E-state index contributed by atoms with van der Waals surface area (Å²) in [5.41, 5.74) is 0.831. The van der Waals surface area contributed by atoms with Gasteiger partial charge in [0.1, 0.15) is 0 Å². The lowest BCUT2D eigenvalue weighted by atomic mass is 10.1. The standard InChI is InChI=1S/C6H13N3/c1-5(2)6(9-7)4-8-3/h4-5H,7H2,1-3H3. The van der Waals surface area contributed by atoms with Crippen molar-refractivity contribution in [2.45, 2.75) is 13.8 Å². The van der Waals surface area contributed by atoms with Crippen LogP contribution in [0.4, 0.5) is 0 Å². The van der Waals surface area contributed by atoms with E-state index in [0.717, 1.165) is 5.71 Å². The molecule has 3 heteroatoms. The fourth-order valence-electron chi connectivity index (χ4n) is 0.464. The summed E-state index contributed by atoms with van der Waals surface area (Å²) in [5, 5.41) is 3.54. The van der Waals surface area contributed by atoms with Crippen molar-refractivity contribution in [3.05, 3.63) is 0 Å². The number of hydrogen-bond acceptors (Lipinski definition) is 3. The van der Waals surface area contributed by atoms with E-state index < -0.39 is 0 Å². The van der Waals surface area contributed by atoms with Crippen molar-refractivity contribution in [2.75, 3.05) is 7.05 Å². The first-order valence-corrected chi connectivity index (χ1v) is 2.92. The molecule has 0 aromatic heterocycles. The summed E-state index contributed by atoms with van der Waals surface area (Å²) in [5.74, 6) is 5.42. The van der Waals surface area contributed by atoms with Crippen LogP contribution in [-0.4, -0.2) is 19.0 Å². The zero-order valence-electron chi connectivity index (χ0n) is 6.13. The predicted molar refractivity (Wildman–Crippen MR) is 40.9 cm³/mol. The minimum Gasteiger partial charge on any atom is -0.323 e. The fraction of sp³-hybridized carbons (Fsp3) is 0.667. The number of hydrogen-bond donors (Lipinski definition) is 1. The van der Waals surface area contributed by atoms with Crippen LogP contribution in [0.3, 0.4) is 0 Å². The Balaban J connectivity index is 4.01. The van der Waals surface area contributed by atoms with Gasteiger partial charge in [-0.15, -0.1) is 0 Å². The molecule has 2 N–H and O–H groups in total. The van der Waals surface area contributed by atoms with Crippen molar-refractivity contribution < 1.29 is 0 Å². The van der Waals surface area contributed by atoms with E-state index in [2.05, 4.69) is 10.1 Å². The van der Waals surface area contributed by atoms with E-state index in [4.69, 9.17) is 5.84 Å². The molecule has 0 amide bonds. The minimum absolute atomic E-state index is 0.360. The van der Waals surface area contributed by atoms with Gasteiger partial charge in [-0.25, -0.2) is 0 Å². The second kappa shape index (κ2) is 4.06. The van der Waals surface area contributed by atoms with Gasteiger partial charge in [0.2, 0.25) is 0 Å². The molecule has 0 aromatic rings. The maximum absolute atomic E-state index is 5.06. The SMILES string of the molecule is CN=CC(=NN)C(C)C. The first-order chi connectivity index (χ1) is 4.22. The van der Waals surface area contributed by atoms with E-state index in [1.54, 1.807) is 13.3 Å². The molecule has 0 spiro atoms. The summed E-state index contributed by atoms with van der Waals surface area (Å²) >= 11 is 0. The van der Waals surface area contributed by atoms with Crippen molar-refractivity contribution in [3.8, 4) is 0 Å². The van der Waals surface area contributed by atoms with Gasteiger partial charge < -0.3 is 5.84 Å². The highest BCUT2D eigenvalue weighted by atomic mass is 15.1. The lowest BCUT2D eigenvalue weighted by Crippen LogP contribution is -2.11. The van der Waals surface area contributed by atoms with Gasteiger partial charge >= 0.3 is 0 Å². The highest BCUT2D eigenvalue weighted by Gasteiger charge is 1.98. The highest BCUT2D eigenvalue weighted by molar-refractivity contribution is 6.31. The van der Waals surface area contributed by atoms with Crippen LogP contribution in [0.2, 0.25) is 0 Å². The monoisotopic (exact) mass is 127 g/mol. The molecule has 52 valence electrons. The molecule has 0 rings (SSSR count). The average Bonchev–Trinajstić information content (AvgIpc) is 1.82. The minimum atomic E-state index is 0.360. The molecule has 0 fully saturated rings. The summed E-state index contributed by atoms with van der Waals surface area (Å²) < 4.78 is 0. The van der Waals surface area contributed by atoms with Gasteiger partial charge in [-0.1, -0.05) is 13.8 Å². The van der Waals surface area contributed by atoms with Gasteiger partial charge in [-0.2, -0.15) is 5.10 Å². The second-order valence-electron chi connectivity index (χ2n) is 2.10. The molecule has 0 bridgehead atoms. The molecular weight excluding hydrogens is 114 g/mol. The number of aliphatic imine (C=N–C) groups is 1. The number of rotatable bonds is 2. The summed E-state index contributed by atoms with van der Waals surface area (Å²) in [6, 6.07) is 0. The van der Waals surface area contributed by atoms with Gasteiger partial charge in [-0.3, -0.25) is 4.99 Å². The number of nitrogens with two attached hydrogens (primary N) is 1. The van der Waals surface area contributed by atoms with Crippen LogP contribution in [0.5, 0.6) is 0 Å². The maximum atomic E-state index is 5.06. The first kappa shape index (κ1) is 8.14. The van der Waals surface area contributed by atoms with Crippen LogP contribution in [0.25, 0.3) is 0 Å². The third-order valence-corrected chi connectivity index (χ3v) is 1.00. The molecule has 0 saturated heterocycles. The third kappa shape index (κ3) is 2.85. The molecule has 0 heterocycles. The summed E-state index contributed by atoms with van der Waals surface area (Å²) in [7, 11) is 1.70. The van der Waals surface area contributed by atoms with Crippen molar-refractivity contribution in [2.24, 2.45) is 21.9 Å². The molecule has 0 radical (unpaired) electrons. The van der Waals surface area contributed by atoms with Gasteiger partial charge in [0.25, 0.3) is 0 Å². The van der Waals surface area contributed by atoms with Crippen LogP contribution < -0.4 is 5.84 Å². The second-order valence-corrected chi connectivity index (χ2v) is 2.10. The smallest absolute Gasteiger partial charge is 0.0803 e. The lowest BCUT2D eigenvalue weighted by Gasteiger charge is -1.99. The molecule has 0 aliphatic rings. The van der Waals surface area contributed by atoms with E-state index >= 15 is 0 Å². The van der Waals surface area contributed by atoms with Crippen molar-refractivity contribution >= 4 is 11.9 Å².